The van der Waals surface area contributed by atoms with Gasteiger partial charge in [0.15, 0.2) is 0 Å². The second-order valence-electron chi connectivity index (χ2n) is 9.24. The van der Waals surface area contributed by atoms with Crippen molar-refractivity contribution in [3.8, 4) is 0 Å². The van der Waals surface area contributed by atoms with Gasteiger partial charge in [0, 0.05) is 33.2 Å². The van der Waals surface area contributed by atoms with Gasteiger partial charge in [0.05, 0.1) is 11.9 Å². The van der Waals surface area contributed by atoms with Crippen LogP contribution >= 0.6 is 34.8 Å². The van der Waals surface area contributed by atoms with Crippen molar-refractivity contribution in [1.82, 2.24) is 10.2 Å². The molecule has 2 aromatic rings. The fourth-order valence-electron chi connectivity index (χ4n) is 4.54. The molecule has 2 amide bonds. The predicted molar refractivity (Wildman–Crippen MR) is 150 cm³/mol. The van der Waals surface area contributed by atoms with Crippen LogP contribution in [0.15, 0.2) is 42.5 Å². The normalized spacial score (nSPS) is 15.2. The van der Waals surface area contributed by atoms with E-state index in [4.69, 9.17) is 34.8 Å². The maximum absolute atomic E-state index is 13.8. The fourth-order valence-corrected chi connectivity index (χ4v) is 6.03. The van der Waals surface area contributed by atoms with Crippen LogP contribution in [0.25, 0.3) is 0 Å². The lowest BCUT2D eigenvalue weighted by molar-refractivity contribution is -0.140. The van der Waals surface area contributed by atoms with Crippen LogP contribution in [0.4, 0.5) is 5.69 Å². The van der Waals surface area contributed by atoms with Crippen LogP contribution in [0.3, 0.4) is 0 Å². The summed E-state index contributed by atoms with van der Waals surface area (Å²) < 4.78 is 26.4. The van der Waals surface area contributed by atoms with Gasteiger partial charge in [-0.05, 0) is 55.7 Å². The molecule has 2 aromatic carbocycles. The predicted octanol–water partition coefficient (Wildman–Crippen LogP) is 5.67. The minimum absolute atomic E-state index is 0.0495. The second kappa shape index (κ2) is 13.2. The quantitative estimate of drug-likeness (QED) is 0.388. The van der Waals surface area contributed by atoms with E-state index in [1.807, 2.05) is 6.92 Å². The Kier molecular flexibility index (Phi) is 10.5. The van der Waals surface area contributed by atoms with Crippen LogP contribution in [-0.4, -0.2) is 50.0 Å². The third-order valence-corrected chi connectivity index (χ3v) is 8.62. The van der Waals surface area contributed by atoms with Crippen LogP contribution in [0.2, 0.25) is 15.1 Å². The molecule has 0 unspecified atom stereocenters. The summed E-state index contributed by atoms with van der Waals surface area (Å²) in [7, 11) is -3.83. The average molecular weight is 589 g/mol. The van der Waals surface area contributed by atoms with E-state index in [9.17, 15) is 18.0 Å². The van der Waals surface area contributed by atoms with E-state index in [1.54, 1.807) is 30.3 Å². The summed E-state index contributed by atoms with van der Waals surface area (Å²) in [5, 5.41) is 4.24. The molecule has 0 radical (unpaired) electrons. The largest absolute Gasteiger partial charge is 0.352 e. The van der Waals surface area contributed by atoms with Crippen LogP contribution < -0.4 is 9.62 Å². The Balaban J connectivity index is 1.95. The summed E-state index contributed by atoms with van der Waals surface area (Å²) in [6, 6.07) is 10.4. The molecular weight excluding hydrogens is 557 g/mol. The highest BCUT2D eigenvalue weighted by atomic mass is 35.5. The topological polar surface area (TPSA) is 86.8 Å². The van der Waals surface area contributed by atoms with E-state index < -0.39 is 28.5 Å². The van der Waals surface area contributed by atoms with Gasteiger partial charge >= 0.3 is 0 Å². The zero-order valence-corrected chi connectivity index (χ0v) is 24.0. The molecule has 3 rings (SSSR count). The number of nitrogens with zero attached hydrogens (tertiary/aromatic N) is 2. The van der Waals surface area contributed by atoms with Gasteiger partial charge < -0.3 is 10.2 Å². The molecule has 11 heteroatoms. The number of hydrogen-bond donors (Lipinski definition) is 1. The molecule has 1 aliphatic rings. The standard InChI is InChI=1S/C26H32Cl3N3O4S/c1-3-24(26(34)30-19-8-5-4-6-9-19)31(16-21-22(28)10-7-11-23(21)29)25(33)17-32(37(2,35)36)20-14-12-18(27)13-15-20/h7,10-15,19,24H,3-6,8-9,16-17H2,1-2H3,(H,30,34)/t24-/m1/s1. The van der Waals surface area contributed by atoms with Gasteiger partial charge in [-0.3, -0.25) is 13.9 Å². The zero-order chi connectivity index (χ0) is 27.2. The first kappa shape index (κ1) is 29.6. The highest BCUT2D eigenvalue weighted by Crippen LogP contribution is 2.28. The maximum atomic E-state index is 13.8. The smallest absolute Gasteiger partial charge is 0.244 e. The molecule has 1 fully saturated rings. The van der Waals surface area contributed by atoms with Gasteiger partial charge in [0.2, 0.25) is 21.8 Å². The number of carbonyl (C=O) groups excluding carboxylic acids is 2. The molecule has 1 N–H and O–H groups in total. The molecule has 7 nitrogen and oxygen atoms in total. The van der Waals surface area contributed by atoms with Crippen molar-refractivity contribution in [2.45, 2.75) is 64.1 Å². The van der Waals surface area contributed by atoms with Gasteiger partial charge in [0.25, 0.3) is 0 Å². The fraction of sp³-hybridized carbons (Fsp3) is 0.462. The molecule has 0 spiro atoms. The number of sulfonamides is 1. The van der Waals surface area contributed by atoms with Gasteiger partial charge in [-0.25, -0.2) is 8.42 Å². The third kappa shape index (κ3) is 7.99. The summed E-state index contributed by atoms with van der Waals surface area (Å²) in [6.45, 7) is 1.26. The van der Waals surface area contributed by atoms with Crippen molar-refractivity contribution in [2.75, 3.05) is 17.1 Å². The second-order valence-corrected chi connectivity index (χ2v) is 12.4. The van der Waals surface area contributed by atoms with Gasteiger partial charge in [0.1, 0.15) is 12.6 Å². The lowest BCUT2D eigenvalue weighted by atomic mass is 9.95. The minimum atomic E-state index is -3.83. The van der Waals surface area contributed by atoms with E-state index in [0.29, 0.717) is 27.1 Å². The van der Waals surface area contributed by atoms with E-state index in [2.05, 4.69) is 5.32 Å². The average Bonchev–Trinajstić information content (AvgIpc) is 2.84. The summed E-state index contributed by atoms with van der Waals surface area (Å²) in [5.74, 6) is -0.828. The molecule has 0 heterocycles. The van der Waals surface area contributed by atoms with E-state index in [0.717, 1.165) is 42.7 Å². The number of anilines is 1. The molecular formula is C26H32Cl3N3O4S. The Morgan fingerprint density at radius 1 is 1.00 bits per heavy atom. The maximum Gasteiger partial charge on any atom is 0.244 e. The van der Waals surface area contributed by atoms with Gasteiger partial charge in [-0.2, -0.15) is 0 Å². The van der Waals surface area contributed by atoms with Crippen molar-refractivity contribution < 1.29 is 18.0 Å². The van der Waals surface area contributed by atoms with Crippen molar-refractivity contribution in [3.05, 3.63) is 63.1 Å². The Morgan fingerprint density at radius 2 is 1.59 bits per heavy atom. The first-order valence-electron chi connectivity index (χ1n) is 12.3. The number of hydrogen-bond acceptors (Lipinski definition) is 4. The number of rotatable bonds is 10. The number of carbonyl (C=O) groups is 2. The van der Waals surface area contributed by atoms with Gasteiger partial charge in [-0.1, -0.05) is 67.1 Å². The molecule has 0 saturated heterocycles. The molecule has 0 aliphatic heterocycles. The molecule has 1 aliphatic carbocycles. The van der Waals surface area contributed by atoms with Crippen molar-refractivity contribution in [2.24, 2.45) is 0 Å². The first-order chi connectivity index (χ1) is 17.5. The zero-order valence-electron chi connectivity index (χ0n) is 20.9. The lowest BCUT2D eigenvalue weighted by Gasteiger charge is -2.34. The first-order valence-corrected chi connectivity index (χ1v) is 15.3. The summed E-state index contributed by atoms with van der Waals surface area (Å²) in [4.78, 5) is 28.6. The van der Waals surface area contributed by atoms with Crippen LogP contribution in [0.1, 0.15) is 51.0 Å². The van der Waals surface area contributed by atoms with Crippen LogP contribution in [-0.2, 0) is 26.2 Å². The van der Waals surface area contributed by atoms with E-state index in [-0.39, 0.29) is 24.2 Å². The summed E-state index contributed by atoms with van der Waals surface area (Å²) in [6.07, 6.45) is 6.37. The number of amides is 2. The number of nitrogens with one attached hydrogen (secondary N) is 1. The highest BCUT2D eigenvalue weighted by Gasteiger charge is 2.33. The van der Waals surface area contributed by atoms with Crippen molar-refractivity contribution >= 4 is 62.3 Å². The van der Waals surface area contributed by atoms with Crippen LogP contribution in [0, 0.1) is 0 Å². The Labute approximate surface area is 234 Å². The minimum Gasteiger partial charge on any atom is -0.352 e. The summed E-state index contributed by atoms with van der Waals surface area (Å²) >= 11 is 18.8. The molecule has 202 valence electrons. The van der Waals surface area contributed by atoms with Crippen LogP contribution in [0.5, 0.6) is 0 Å². The SMILES string of the molecule is CC[C@H](C(=O)NC1CCCCC1)N(Cc1c(Cl)cccc1Cl)C(=O)CN(c1ccc(Cl)cc1)S(C)(=O)=O. The Bertz CT molecular complexity index is 1180. The molecule has 1 atom stereocenters. The monoisotopic (exact) mass is 587 g/mol. The Hall–Kier alpha value is -2.00. The van der Waals surface area contributed by atoms with E-state index in [1.165, 1.54) is 17.0 Å². The molecule has 37 heavy (non-hydrogen) atoms. The highest BCUT2D eigenvalue weighted by molar-refractivity contribution is 7.92. The van der Waals surface area contributed by atoms with E-state index >= 15 is 0 Å². The van der Waals surface area contributed by atoms with Crippen molar-refractivity contribution in [1.29, 1.82) is 0 Å². The van der Waals surface area contributed by atoms with Gasteiger partial charge in [-0.15, -0.1) is 0 Å². The lowest BCUT2D eigenvalue weighted by Crippen LogP contribution is -2.54. The molecule has 1 saturated carbocycles. The molecule has 0 bridgehead atoms. The number of benzene rings is 2. The summed E-state index contributed by atoms with van der Waals surface area (Å²) in [5.41, 5.74) is 0.774. The molecule has 0 aromatic heterocycles. The van der Waals surface area contributed by atoms with Crippen molar-refractivity contribution in [3.63, 3.8) is 0 Å². The third-order valence-electron chi connectivity index (χ3n) is 6.52. The number of halogens is 3. The Morgan fingerprint density at radius 3 is 2.14 bits per heavy atom.